The van der Waals surface area contributed by atoms with E-state index in [1.807, 2.05) is 0 Å². The minimum atomic E-state index is -3.86. The third-order valence-electron chi connectivity index (χ3n) is 2.72. The Morgan fingerprint density at radius 3 is 2.57 bits per heavy atom. The van der Waals surface area contributed by atoms with E-state index in [9.17, 15) is 13.2 Å². The Hall–Kier alpha value is -1.63. The molecule has 1 amide bonds. The fourth-order valence-corrected chi connectivity index (χ4v) is 2.73. The molecule has 0 aliphatic rings. The summed E-state index contributed by atoms with van der Waals surface area (Å²) in [6.45, 7) is 1.71. The lowest BCUT2D eigenvalue weighted by Gasteiger charge is -2.09. The number of pyridine rings is 1. The van der Waals surface area contributed by atoms with Crippen LogP contribution in [-0.4, -0.2) is 19.3 Å². The first-order valence-corrected chi connectivity index (χ1v) is 8.45. The molecule has 0 saturated carbocycles. The molecule has 110 valence electrons. The Kier molecular flexibility index (Phi) is 4.51. The summed E-state index contributed by atoms with van der Waals surface area (Å²) < 4.78 is 22.4. The zero-order chi connectivity index (χ0) is 15.6. The second-order valence-electron chi connectivity index (χ2n) is 4.17. The molecule has 5 nitrogen and oxygen atoms in total. The van der Waals surface area contributed by atoms with Gasteiger partial charge in [-0.05, 0) is 37.3 Å². The number of rotatable bonds is 3. The van der Waals surface area contributed by atoms with Gasteiger partial charge in [0.05, 0.1) is 21.2 Å². The minimum absolute atomic E-state index is 0.0756. The van der Waals surface area contributed by atoms with Crippen molar-refractivity contribution in [1.82, 2.24) is 4.98 Å². The van der Waals surface area contributed by atoms with Gasteiger partial charge in [0.1, 0.15) is 0 Å². The molecule has 2 rings (SSSR count). The molecule has 0 aliphatic heterocycles. The maximum atomic E-state index is 12.1. The fourth-order valence-electron chi connectivity index (χ4n) is 1.66. The number of halogens is 2. The van der Waals surface area contributed by atoms with Crippen LogP contribution >= 0.6 is 22.3 Å². The molecule has 1 aromatic heterocycles. The fraction of sp³-hybridized carbons (Fsp3) is 0.0769. The lowest BCUT2D eigenvalue weighted by Crippen LogP contribution is -2.14. The van der Waals surface area contributed by atoms with Gasteiger partial charge in [-0.1, -0.05) is 11.6 Å². The second-order valence-corrected chi connectivity index (χ2v) is 7.14. The third kappa shape index (κ3) is 3.72. The van der Waals surface area contributed by atoms with Gasteiger partial charge >= 0.3 is 0 Å². The van der Waals surface area contributed by atoms with Crippen LogP contribution in [0, 0.1) is 6.92 Å². The quantitative estimate of drug-likeness (QED) is 0.867. The van der Waals surface area contributed by atoms with Gasteiger partial charge in [-0.3, -0.25) is 9.78 Å². The summed E-state index contributed by atoms with van der Waals surface area (Å²) in [4.78, 5) is 16.0. The van der Waals surface area contributed by atoms with E-state index in [1.54, 1.807) is 25.3 Å². The molecule has 21 heavy (non-hydrogen) atoms. The first kappa shape index (κ1) is 15.8. The van der Waals surface area contributed by atoms with Crippen LogP contribution in [-0.2, 0) is 9.05 Å². The van der Waals surface area contributed by atoms with Crippen LogP contribution in [0.3, 0.4) is 0 Å². The number of carbonyl (C=O) groups excluding carboxylic acids is 1. The molecule has 0 spiro atoms. The summed E-state index contributed by atoms with van der Waals surface area (Å²) in [7, 11) is 1.36. The number of benzene rings is 1. The maximum absolute atomic E-state index is 12.1. The van der Waals surface area contributed by atoms with Crippen molar-refractivity contribution in [3.8, 4) is 0 Å². The summed E-state index contributed by atoms with van der Waals surface area (Å²) in [5, 5.41) is 2.67. The van der Waals surface area contributed by atoms with Gasteiger partial charge < -0.3 is 5.32 Å². The zero-order valence-electron chi connectivity index (χ0n) is 10.8. The van der Waals surface area contributed by atoms with Crippen LogP contribution in [0.2, 0.25) is 5.02 Å². The van der Waals surface area contributed by atoms with E-state index in [0.717, 1.165) is 0 Å². The largest absolute Gasteiger partial charge is 0.321 e. The number of carbonyl (C=O) groups is 1. The molecule has 1 heterocycles. The van der Waals surface area contributed by atoms with E-state index < -0.39 is 9.05 Å². The number of amides is 1. The molecule has 0 bridgehead atoms. The number of anilines is 1. The molecular weight excluding hydrogens is 335 g/mol. The van der Waals surface area contributed by atoms with Crippen LogP contribution in [0.5, 0.6) is 0 Å². The van der Waals surface area contributed by atoms with Crippen LogP contribution in [0.4, 0.5) is 5.69 Å². The molecule has 8 heteroatoms. The van der Waals surface area contributed by atoms with Gasteiger partial charge in [0.2, 0.25) is 0 Å². The summed E-state index contributed by atoms with van der Waals surface area (Å²) in [6, 6.07) is 7.09. The van der Waals surface area contributed by atoms with Gasteiger partial charge in [-0.2, -0.15) is 0 Å². The van der Waals surface area contributed by atoms with E-state index in [0.29, 0.717) is 11.3 Å². The van der Waals surface area contributed by atoms with Crippen LogP contribution < -0.4 is 5.32 Å². The number of aromatic nitrogens is 1. The number of nitrogens with zero attached hydrogens (tertiary/aromatic N) is 1. The minimum Gasteiger partial charge on any atom is -0.321 e. The first-order valence-electron chi connectivity index (χ1n) is 5.76. The van der Waals surface area contributed by atoms with Crippen molar-refractivity contribution in [1.29, 1.82) is 0 Å². The number of aryl methyl sites for hydroxylation is 1. The predicted molar refractivity (Wildman–Crippen MR) is 81.4 cm³/mol. The molecule has 0 saturated heterocycles. The molecule has 0 atom stereocenters. The monoisotopic (exact) mass is 344 g/mol. The third-order valence-corrected chi connectivity index (χ3v) is 4.39. The number of hydrogen-bond acceptors (Lipinski definition) is 4. The van der Waals surface area contributed by atoms with Crippen molar-refractivity contribution in [3.05, 3.63) is 52.8 Å². The van der Waals surface area contributed by atoms with Gasteiger partial charge in [0.15, 0.2) is 0 Å². The Morgan fingerprint density at radius 1 is 1.29 bits per heavy atom. The maximum Gasteiger partial charge on any atom is 0.261 e. The van der Waals surface area contributed by atoms with Crippen molar-refractivity contribution in [2.24, 2.45) is 0 Å². The van der Waals surface area contributed by atoms with Gasteiger partial charge in [0, 0.05) is 22.6 Å². The lowest BCUT2D eigenvalue weighted by molar-refractivity contribution is 0.102. The summed E-state index contributed by atoms with van der Waals surface area (Å²) in [5.41, 5.74) is 1.27. The van der Waals surface area contributed by atoms with Crippen LogP contribution in [0.25, 0.3) is 0 Å². The molecule has 0 fully saturated rings. The summed E-state index contributed by atoms with van der Waals surface area (Å²) in [5.74, 6) is -0.385. The topological polar surface area (TPSA) is 76.1 Å². The van der Waals surface area contributed by atoms with Crippen LogP contribution in [0.1, 0.15) is 16.1 Å². The first-order chi connectivity index (χ1) is 9.79. The Bertz CT molecular complexity index is 807. The highest BCUT2D eigenvalue weighted by atomic mass is 35.7. The van der Waals surface area contributed by atoms with E-state index >= 15 is 0 Å². The van der Waals surface area contributed by atoms with Crippen molar-refractivity contribution < 1.29 is 13.2 Å². The normalized spacial score (nSPS) is 11.2. The smallest absolute Gasteiger partial charge is 0.261 e. The molecule has 0 unspecified atom stereocenters. The Morgan fingerprint density at radius 2 is 2.00 bits per heavy atom. The SMILES string of the molecule is Cc1ncccc1C(=O)Nc1ccc(S(=O)(=O)Cl)cc1Cl. The molecule has 0 aliphatic carbocycles. The van der Waals surface area contributed by atoms with Crippen molar-refractivity contribution in [2.75, 3.05) is 5.32 Å². The van der Waals surface area contributed by atoms with E-state index in [2.05, 4.69) is 10.3 Å². The highest BCUT2D eigenvalue weighted by Gasteiger charge is 2.15. The molecule has 1 N–H and O–H groups in total. The lowest BCUT2D eigenvalue weighted by atomic mass is 10.2. The summed E-state index contributed by atoms with van der Waals surface area (Å²) >= 11 is 5.95. The van der Waals surface area contributed by atoms with Gasteiger partial charge in [-0.15, -0.1) is 0 Å². The van der Waals surface area contributed by atoms with E-state index in [4.69, 9.17) is 22.3 Å². The highest BCUT2D eigenvalue weighted by Crippen LogP contribution is 2.27. The summed E-state index contributed by atoms with van der Waals surface area (Å²) in [6.07, 6.45) is 1.58. The van der Waals surface area contributed by atoms with E-state index in [-0.39, 0.29) is 21.5 Å². The zero-order valence-corrected chi connectivity index (χ0v) is 13.1. The highest BCUT2D eigenvalue weighted by molar-refractivity contribution is 8.13. The van der Waals surface area contributed by atoms with Gasteiger partial charge in [-0.25, -0.2) is 8.42 Å². The van der Waals surface area contributed by atoms with Gasteiger partial charge in [0.25, 0.3) is 15.0 Å². The Labute approximate surface area is 131 Å². The average Bonchev–Trinajstić information content (AvgIpc) is 2.40. The standard InChI is InChI=1S/C13H10Cl2N2O3S/c1-8-10(3-2-6-16-8)13(18)17-12-5-4-9(7-11(12)14)21(15,19)20/h2-7H,1H3,(H,17,18). The molecule has 2 aromatic rings. The van der Waals surface area contributed by atoms with Crippen molar-refractivity contribution in [3.63, 3.8) is 0 Å². The van der Waals surface area contributed by atoms with Crippen LogP contribution in [0.15, 0.2) is 41.4 Å². The van der Waals surface area contributed by atoms with Crippen molar-refractivity contribution >= 4 is 42.9 Å². The van der Waals surface area contributed by atoms with E-state index in [1.165, 1.54) is 18.2 Å². The Balaban J connectivity index is 2.29. The van der Waals surface area contributed by atoms with Crippen molar-refractivity contribution in [2.45, 2.75) is 11.8 Å². The molecular formula is C13H10Cl2N2O3S. The average molecular weight is 345 g/mol. The number of nitrogens with one attached hydrogen (secondary N) is 1. The second kappa shape index (κ2) is 6.01. The number of hydrogen-bond donors (Lipinski definition) is 1. The predicted octanol–water partition coefficient (Wildman–Crippen LogP) is 3.22. The molecule has 1 aromatic carbocycles. The molecule has 0 radical (unpaired) electrons.